The van der Waals surface area contributed by atoms with E-state index in [2.05, 4.69) is 205 Å². The van der Waals surface area contributed by atoms with Gasteiger partial charge in [0.25, 0.3) is 0 Å². The quantitative estimate of drug-likeness (QED) is 0.136. The van der Waals surface area contributed by atoms with Crippen molar-refractivity contribution in [2.45, 2.75) is 0 Å². The number of hydrogen-bond donors (Lipinski definition) is 0. The average molecular weight is 822 g/mol. The molecular formula is C60H39NO3. The van der Waals surface area contributed by atoms with Gasteiger partial charge in [-0.25, -0.2) is 0 Å². The maximum Gasteiger partial charge on any atom is 0.136 e. The summed E-state index contributed by atoms with van der Waals surface area (Å²) in [5, 5.41) is 6.81. The number of nitrogens with zero attached hydrogens (tertiary/aromatic N) is 1. The van der Waals surface area contributed by atoms with Gasteiger partial charge in [0.15, 0.2) is 0 Å². The van der Waals surface area contributed by atoms with Crippen LogP contribution in [0, 0.1) is 0 Å². The molecule has 9 aromatic carbocycles. The van der Waals surface area contributed by atoms with E-state index in [1.54, 1.807) is 0 Å². The monoisotopic (exact) mass is 821 g/mol. The van der Waals surface area contributed by atoms with Crippen LogP contribution in [0.25, 0.3) is 102 Å². The number of para-hydroxylation sites is 3. The van der Waals surface area contributed by atoms with Crippen LogP contribution in [0.15, 0.2) is 213 Å². The zero-order valence-electron chi connectivity index (χ0n) is 34.7. The molecule has 4 heteroatoms. The Balaban J connectivity index is 0.823. The molecule has 0 bridgehead atoms. The highest BCUT2D eigenvalue weighted by Crippen LogP contribution is 2.37. The summed E-state index contributed by atoms with van der Waals surface area (Å²) in [5.41, 5.74) is 15.2. The number of anilines is 3. The van der Waals surface area contributed by atoms with Crippen molar-refractivity contribution in [3.8, 4) is 0 Å². The summed E-state index contributed by atoms with van der Waals surface area (Å²) in [6.45, 7) is 0. The van der Waals surface area contributed by atoms with E-state index in [0.717, 1.165) is 116 Å². The lowest BCUT2D eigenvalue weighted by Gasteiger charge is -2.26. The fraction of sp³-hybridized carbons (Fsp3) is 0. The predicted molar refractivity (Wildman–Crippen MR) is 269 cm³/mol. The fourth-order valence-electron chi connectivity index (χ4n) is 8.77. The summed E-state index contributed by atoms with van der Waals surface area (Å²) in [6, 6.07) is 69.9. The van der Waals surface area contributed by atoms with Gasteiger partial charge >= 0.3 is 0 Å². The summed E-state index contributed by atoms with van der Waals surface area (Å²) in [5.74, 6) is 0. The first-order valence-electron chi connectivity index (χ1n) is 21.5. The third kappa shape index (κ3) is 7.03. The van der Waals surface area contributed by atoms with Crippen molar-refractivity contribution >= 4 is 119 Å². The first-order chi connectivity index (χ1) is 31.6. The Labute approximate surface area is 369 Å². The minimum Gasteiger partial charge on any atom is -0.456 e. The Morgan fingerprint density at radius 2 is 0.484 bits per heavy atom. The van der Waals surface area contributed by atoms with E-state index in [1.807, 2.05) is 36.4 Å². The van der Waals surface area contributed by atoms with E-state index in [4.69, 9.17) is 13.3 Å². The lowest BCUT2D eigenvalue weighted by Crippen LogP contribution is -2.09. The summed E-state index contributed by atoms with van der Waals surface area (Å²) < 4.78 is 18.4. The van der Waals surface area contributed by atoms with Crippen LogP contribution in [-0.4, -0.2) is 0 Å². The summed E-state index contributed by atoms with van der Waals surface area (Å²) in [7, 11) is 0. The molecule has 0 spiro atoms. The number of rotatable bonds is 9. The molecule has 0 aliphatic heterocycles. The molecule has 0 saturated carbocycles. The molecule has 0 atom stereocenters. The van der Waals surface area contributed by atoms with E-state index < -0.39 is 0 Å². The Hall–Kier alpha value is -8.60. The van der Waals surface area contributed by atoms with Gasteiger partial charge in [0.1, 0.15) is 33.5 Å². The van der Waals surface area contributed by atoms with Gasteiger partial charge in [0.2, 0.25) is 0 Å². The molecule has 302 valence electrons. The van der Waals surface area contributed by atoms with E-state index in [-0.39, 0.29) is 0 Å². The number of fused-ring (bicyclic) bond motifs is 9. The Kier molecular flexibility index (Phi) is 9.12. The highest BCUT2D eigenvalue weighted by molar-refractivity contribution is 6.07. The molecule has 0 radical (unpaired) electrons. The molecule has 0 fully saturated rings. The van der Waals surface area contributed by atoms with Crippen LogP contribution in [0.3, 0.4) is 0 Å². The zero-order chi connectivity index (χ0) is 42.4. The largest absolute Gasteiger partial charge is 0.456 e. The fourth-order valence-corrected chi connectivity index (χ4v) is 8.77. The molecule has 64 heavy (non-hydrogen) atoms. The molecule has 3 heterocycles. The van der Waals surface area contributed by atoms with E-state index in [1.165, 1.54) is 0 Å². The van der Waals surface area contributed by atoms with Gasteiger partial charge in [0, 0.05) is 49.4 Å². The molecule has 3 aromatic heterocycles. The first kappa shape index (κ1) is 37.2. The highest BCUT2D eigenvalue weighted by atomic mass is 16.3. The van der Waals surface area contributed by atoms with Gasteiger partial charge in [-0.15, -0.1) is 0 Å². The van der Waals surface area contributed by atoms with Crippen LogP contribution in [0.4, 0.5) is 17.1 Å². The molecule has 0 aliphatic rings. The maximum absolute atomic E-state index is 6.15. The molecule has 0 amide bonds. The SMILES string of the molecule is C(=Cc1ccc2c(c1)oc1ccccc12)c1ccc(N(c2ccc(/C=C/c3ccc4c(c3)oc3ccccc34)cc2)c2ccc(/C=C/c3ccc4c(c3)oc3ccccc34)cc2)cc1. The number of hydrogen-bond acceptors (Lipinski definition) is 4. The standard InChI is InChI=1S/C60H39NO3/c1-4-10-55-49(7-1)52-34-25-43(37-58(52)62-55)16-13-40-19-28-46(29-20-40)61(47-30-21-41(22-31-47)14-17-44-26-35-53-50-8-2-5-11-56(50)63-59(53)38-44)48-32-23-42(24-33-48)15-18-45-27-36-54-51-9-3-6-12-57(51)64-60(54)39-45/h1-39H/b16-13+,17-14+,18-15?. The lowest BCUT2D eigenvalue weighted by atomic mass is 10.1. The van der Waals surface area contributed by atoms with E-state index >= 15 is 0 Å². The van der Waals surface area contributed by atoms with Crippen molar-refractivity contribution in [1.29, 1.82) is 0 Å². The topological polar surface area (TPSA) is 42.7 Å². The second-order valence-electron chi connectivity index (χ2n) is 16.2. The second-order valence-corrected chi connectivity index (χ2v) is 16.2. The van der Waals surface area contributed by atoms with Crippen LogP contribution >= 0.6 is 0 Å². The summed E-state index contributed by atoms with van der Waals surface area (Å²) in [6.07, 6.45) is 12.9. The van der Waals surface area contributed by atoms with Crippen LogP contribution < -0.4 is 4.90 Å². The molecule has 4 nitrogen and oxygen atoms in total. The summed E-state index contributed by atoms with van der Waals surface area (Å²) in [4.78, 5) is 2.30. The molecule has 0 aliphatic carbocycles. The van der Waals surface area contributed by atoms with Crippen molar-refractivity contribution in [3.05, 3.63) is 234 Å². The van der Waals surface area contributed by atoms with Gasteiger partial charge in [-0.3, -0.25) is 0 Å². The number of benzene rings is 9. The van der Waals surface area contributed by atoms with Gasteiger partial charge < -0.3 is 18.2 Å². The normalized spacial score (nSPS) is 12.2. The maximum atomic E-state index is 6.15. The van der Waals surface area contributed by atoms with E-state index in [9.17, 15) is 0 Å². The van der Waals surface area contributed by atoms with Gasteiger partial charge in [-0.2, -0.15) is 0 Å². The van der Waals surface area contributed by atoms with Crippen molar-refractivity contribution in [2.75, 3.05) is 4.90 Å². The average Bonchev–Trinajstić information content (AvgIpc) is 4.04. The minimum atomic E-state index is 0.894. The second kappa shape index (κ2) is 15.7. The van der Waals surface area contributed by atoms with Crippen LogP contribution in [0.5, 0.6) is 0 Å². The molecule has 0 N–H and O–H groups in total. The molecule has 0 saturated heterocycles. The van der Waals surface area contributed by atoms with Crippen molar-refractivity contribution in [1.82, 2.24) is 0 Å². The lowest BCUT2D eigenvalue weighted by molar-refractivity contribution is 0.668. The van der Waals surface area contributed by atoms with Crippen molar-refractivity contribution < 1.29 is 13.3 Å². The van der Waals surface area contributed by atoms with Gasteiger partial charge in [-0.1, -0.05) is 146 Å². The smallest absolute Gasteiger partial charge is 0.136 e. The van der Waals surface area contributed by atoms with Crippen molar-refractivity contribution in [3.63, 3.8) is 0 Å². The summed E-state index contributed by atoms with van der Waals surface area (Å²) >= 11 is 0. The first-order valence-corrected chi connectivity index (χ1v) is 21.5. The molecule has 12 rings (SSSR count). The van der Waals surface area contributed by atoms with Crippen molar-refractivity contribution in [2.24, 2.45) is 0 Å². The Morgan fingerprint density at radius 1 is 0.234 bits per heavy atom. The van der Waals surface area contributed by atoms with Gasteiger partial charge in [0.05, 0.1) is 0 Å². The molecular weight excluding hydrogens is 783 g/mol. The Bertz CT molecular complexity index is 3370. The highest BCUT2D eigenvalue weighted by Gasteiger charge is 2.14. The van der Waals surface area contributed by atoms with Crippen LogP contribution in [0.2, 0.25) is 0 Å². The number of furan rings is 3. The molecule has 0 unspecified atom stereocenters. The van der Waals surface area contributed by atoms with Gasteiger partial charge in [-0.05, 0) is 124 Å². The van der Waals surface area contributed by atoms with E-state index in [0.29, 0.717) is 0 Å². The Morgan fingerprint density at radius 3 is 0.797 bits per heavy atom. The minimum absolute atomic E-state index is 0.894. The van der Waals surface area contributed by atoms with Crippen LogP contribution in [0.1, 0.15) is 33.4 Å². The predicted octanol–water partition coefficient (Wildman–Crippen LogP) is 17.4. The third-order valence-electron chi connectivity index (χ3n) is 12.1. The molecule has 12 aromatic rings. The zero-order valence-corrected chi connectivity index (χ0v) is 34.7. The van der Waals surface area contributed by atoms with Crippen LogP contribution in [-0.2, 0) is 0 Å². The third-order valence-corrected chi connectivity index (χ3v) is 12.1.